The number of anilines is 2. The maximum atomic E-state index is 11.4. The normalized spacial score (nSPS) is 17.5. The molecule has 19 heavy (non-hydrogen) atoms. The number of nitrogens with zero attached hydrogens (tertiary/aromatic N) is 4. The molecule has 1 aliphatic rings. The Morgan fingerprint density at radius 3 is 2.53 bits per heavy atom. The van der Waals surface area contributed by atoms with E-state index in [1.54, 1.807) is 0 Å². The predicted octanol–water partition coefficient (Wildman–Crippen LogP) is -0.01000. The van der Waals surface area contributed by atoms with Crippen LogP contribution in [0.5, 0.6) is 0 Å². The zero-order valence-electron chi connectivity index (χ0n) is 11.2. The van der Waals surface area contributed by atoms with Crippen LogP contribution in [0.4, 0.5) is 11.6 Å². The fourth-order valence-electron chi connectivity index (χ4n) is 2.05. The van der Waals surface area contributed by atoms with Gasteiger partial charge in [-0.05, 0) is 6.92 Å². The number of hydrogen-bond acceptors (Lipinski definition) is 6. The Balaban J connectivity index is 2.03. The molecule has 7 nitrogen and oxygen atoms in total. The summed E-state index contributed by atoms with van der Waals surface area (Å²) in [5, 5.41) is 3.14. The van der Waals surface area contributed by atoms with E-state index in [1.165, 1.54) is 16.9 Å². The van der Waals surface area contributed by atoms with Gasteiger partial charge in [-0.15, -0.1) is 0 Å². The van der Waals surface area contributed by atoms with E-state index in [-0.39, 0.29) is 0 Å². The van der Waals surface area contributed by atoms with Crippen molar-refractivity contribution < 1.29 is 8.42 Å². The molecule has 1 aliphatic heterocycles. The summed E-state index contributed by atoms with van der Waals surface area (Å²) >= 11 is 0. The second-order valence-corrected chi connectivity index (χ2v) is 6.42. The number of piperazine rings is 1. The van der Waals surface area contributed by atoms with Crippen LogP contribution in [0.15, 0.2) is 12.4 Å². The summed E-state index contributed by atoms with van der Waals surface area (Å²) < 4.78 is 24.4. The van der Waals surface area contributed by atoms with Crippen LogP contribution in [0.25, 0.3) is 0 Å². The molecule has 2 rings (SSSR count). The summed E-state index contributed by atoms with van der Waals surface area (Å²) in [5.41, 5.74) is 0. The third-order valence-electron chi connectivity index (χ3n) is 3.04. The molecule has 0 saturated carbocycles. The Hall–Kier alpha value is -1.41. The van der Waals surface area contributed by atoms with Crippen LogP contribution in [0.1, 0.15) is 6.92 Å². The average molecular weight is 285 g/mol. The van der Waals surface area contributed by atoms with Gasteiger partial charge in [0, 0.05) is 38.8 Å². The molecule has 1 saturated heterocycles. The summed E-state index contributed by atoms with van der Waals surface area (Å²) in [6.45, 7) is 5.11. The Labute approximate surface area is 113 Å². The van der Waals surface area contributed by atoms with E-state index in [0.29, 0.717) is 26.2 Å². The molecule has 1 fully saturated rings. The van der Waals surface area contributed by atoms with Gasteiger partial charge in [0.15, 0.2) is 0 Å². The molecule has 8 heteroatoms. The molecule has 106 valence electrons. The third kappa shape index (κ3) is 3.54. The minimum Gasteiger partial charge on any atom is -0.370 e. The lowest BCUT2D eigenvalue weighted by atomic mass is 10.3. The van der Waals surface area contributed by atoms with Crippen molar-refractivity contribution >= 4 is 21.7 Å². The zero-order valence-corrected chi connectivity index (χ0v) is 12.0. The van der Waals surface area contributed by atoms with Gasteiger partial charge in [0.05, 0.1) is 6.26 Å². The lowest BCUT2D eigenvalue weighted by Gasteiger charge is -2.33. The molecule has 0 spiro atoms. The van der Waals surface area contributed by atoms with Crippen molar-refractivity contribution in [2.75, 3.05) is 49.2 Å². The van der Waals surface area contributed by atoms with E-state index in [2.05, 4.69) is 20.2 Å². The maximum absolute atomic E-state index is 11.4. The van der Waals surface area contributed by atoms with E-state index >= 15 is 0 Å². The van der Waals surface area contributed by atoms with Crippen LogP contribution in [0, 0.1) is 0 Å². The van der Waals surface area contributed by atoms with Crippen LogP contribution in [0.3, 0.4) is 0 Å². The molecular weight excluding hydrogens is 266 g/mol. The van der Waals surface area contributed by atoms with Crippen LogP contribution in [0.2, 0.25) is 0 Å². The first-order valence-corrected chi connectivity index (χ1v) is 8.11. The summed E-state index contributed by atoms with van der Waals surface area (Å²) in [4.78, 5) is 10.4. The standard InChI is InChI=1S/C11H19N5O2S/c1-3-12-10-8-11(14-9-13-10)15-4-6-16(7-5-15)19(2,17)18/h8-9H,3-7H2,1-2H3,(H,12,13,14). The summed E-state index contributed by atoms with van der Waals surface area (Å²) in [5.74, 6) is 1.62. The van der Waals surface area contributed by atoms with E-state index in [4.69, 9.17) is 0 Å². The topological polar surface area (TPSA) is 78.4 Å². The second kappa shape index (κ2) is 5.70. The number of nitrogens with one attached hydrogen (secondary N) is 1. The van der Waals surface area contributed by atoms with Crippen molar-refractivity contribution in [3.63, 3.8) is 0 Å². The van der Waals surface area contributed by atoms with Gasteiger partial charge in [0.25, 0.3) is 0 Å². The first kappa shape index (κ1) is 14.0. The van der Waals surface area contributed by atoms with Crippen molar-refractivity contribution in [1.82, 2.24) is 14.3 Å². The highest BCUT2D eigenvalue weighted by Gasteiger charge is 2.24. The molecule has 1 aromatic rings. The highest BCUT2D eigenvalue weighted by Crippen LogP contribution is 2.16. The van der Waals surface area contributed by atoms with Gasteiger partial charge in [0.1, 0.15) is 18.0 Å². The van der Waals surface area contributed by atoms with Crippen molar-refractivity contribution in [2.45, 2.75) is 6.92 Å². The molecule has 0 aromatic carbocycles. The molecule has 0 unspecified atom stereocenters. The van der Waals surface area contributed by atoms with Gasteiger partial charge in [-0.25, -0.2) is 18.4 Å². The fraction of sp³-hybridized carbons (Fsp3) is 0.636. The van der Waals surface area contributed by atoms with Gasteiger partial charge >= 0.3 is 0 Å². The van der Waals surface area contributed by atoms with E-state index < -0.39 is 10.0 Å². The highest BCUT2D eigenvalue weighted by molar-refractivity contribution is 7.88. The largest absolute Gasteiger partial charge is 0.370 e. The summed E-state index contributed by atoms with van der Waals surface area (Å²) in [6, 6.07) is 1.89. The van der Waals surface area contributed by atoms with Crippen molar-refractivity contribution in [1.29, 1.82) is 0 Å². The molecule has 1 aromatic heterocycles. The number of aromatic nitrogens is 2. The summed E-state index contributed by atoms with van der Waals surface area (Å²) in [7, 11) is -3.09. The minimum absolute atomic E-state index is 0.499. The monoisotopic (exact) mass is 285 g/mol. The van der Waals surface area contributed by atoms with Gasteiger partial charge in [-0.1, -0.05) is 0 Å². The molecule has 0 radical (unpaired) electrons. The first-order valence-electron chi connectivity index (χ1n) is 6.26. The zero-order chi connectivity index (χ0) is 13.9. The van der Waals surface area contributed by atoms with Crippen LogP contribution < -0.4 is 10.2 Å². The molecule has 0 atom stereocenters. The van der Waals surface area contributed by atoms with E-state index in [1.807, 2.05) is 13.0 Å². The molecule has 0 amide bonds. The van der Waals surface area contributed by atoms with E-state index in [0.717, 1.165) is 18.2 Å². The second-order valence-electron chi connectivity index (χ2n) is 4.44. The Morgan fingerprint density at radius 1 is 1.26 bits per heavy atom. The smallest absolute Gasteiger partial charge is 0.211 e. The number of sulfonamides is 1. The SMILES string of the molecule is CCNc1cc(N2CCN(S(C)(=O)=O)CC2)ncn1. The molecule has 0 bridgehead atoms. The number of hydrogen-bond donors (Lipinski definition) is 1. The van der Waals surface area contributed by atoms with Gasteiger partial charge in [-0.2, -0.15) is 4.31 Å². The highest BCUT2D eigenvalue weighted by atomic mass is 32.2. The lowest BCUT2D eigenvalue weighted by molar-refractivity contribution is 0.387. The molecule has 0 aliphatic carbocycles. The minimum atomic E-state index is -3.09. The van der Waals surface area contributed by atoms with Gasteiger partial charge < -0.3 is 10.2 Å². The third-order valence-corrected chi connectivity index (χ3v) is 4.35. The fourth-order valence-corrected chi connectivity index (χ4v) is 2.87. The predicted molar refractivity (Wildman–Crippen MR) is 74.8 cm³/mol. The maximum Gasteiger partial charge on any atom is 0.211 e. The van der Waals surface area contributed by atoms with Crippen LogP contribution >= 0.6 is 0 Å². The Morgan fingerprint density at radius 2 is 1.95 bits per heavy atom. The molecule has 1 N–H and O–H groups in total. The summed E-state index contributed by atoms with van der Waals surface area (Å²) in [6.07, 6.45) is 2.77. The van der Waals surface area contributed by atoms with E-state index in [9.17, 15) is 8.42 Å². The average Bonchev–Trinajstić information content (AvgIpc) is 2.39. The van der Waals surface area contributed by atoms with Crippen molar-refractivity contribution in [2.24, 2.45) is 0 Å². The molecule has 2 heterocycles. The lowest BCUT2D eigenvalue weighted by Crippen LogP contribution is -2.48. The first-order chi connectivity index (χ1) is 9.00. The van der Waals surface area contributed by atoms with Crippen LogP contribution in [-0.2, 0) is 10.0 Å². The van der Waals surface area contributed by atoms with Gasteiger partial charge in [-0.3, -0.25) is 0 Å². The molecular formula is C11H19N5O2S. The Kier molecular flexibility index (Phi) is 4.20. The van der Waals surface area contributed by atoms with Gasteiger partial charge in [0.2, 0.25) is 10.0 Å². The quantitative estimate of drug-likeness (QED) is 0.838. The number of rotatable bonds is 4. The van der Waals surface area contributed by atoms with Crippen LogP contribution in [-0.4, -0.2) is 61.7 Å². The van der Waals surface area contributed by atoms with Crippen molar-refractivity contribution in [3.8, 4) is 0 Å². The van der Waals surface area contributed by atoms with Crippen molar-refractivity contribution in [3.05, 3.63) is 12.4 Å². The Bertz CT molecular complexity index is 526.